The summed E-state index contributed by atoms with van der Waals surface area (Å²) < 4.78 is 15.3. The predicted molar refractivity (Wildman–Crippen MR) is 96.5 cm³/mol. The molecule has 1 N–H and O–H groups in total. The van der Waals surface area contributed by atoms with Gasteiger partial charge in [-0.15, -0.1) is 0 Å². The van der Waals surface area contributed by atoms with E-state index in [1.165, 1.54) is 27.9 Å². The van der Waals surface area contributed by atoms with Crippen molar-refractivity contribution in [2.75, 3.05) is 0 Å². The summed E-state index contributed by atoms with van der Waals surface area (Å²) in [7, 11) is 0. The van der Waals surface area contributed by atoms with Gasteiger partial charge in [-0.25, -0.2) is 9.49 Å². The highest BCUT2D eigenvalue weighted by atomic mass is 32.1. The number of nitrogens with one attached hydrogen (secondary N) is 1. The van der Waals surface area contributed by atoms with Crippen molar-refractivity contribution >= 4 is 18.4 Å². The van der Waals surface area contributed by atoms with Crippen LogP contribution < -0.4 is 0 Å². The standard InChI is InChI=1S/C18H17FN4S/c1-11-7-13(3)15(8-12(11)2)10-20-23-17(21-22-18(23)24)14-5-4-6-16(19)9-14/h4-10H,1-3H3,(H,22,24)/b20-10-. The van der Waals surface area contributed by atoms with Crippen molar-refractivity contribution in [1.29, 1.82) is 0 Å². The first-order chi connectivity index (χ1) is 11.5. The molecular formula is C18H17FN4S. The minimum absolute atomic E-state index is 0.332. The van der Waals surface area contributed by atoms with Gasteiger partial charge in [-0.2, -0.15) is 14.9 Å². The number of nitrogens with zero attached hydrogens (tertiary/aromatic N) is 3. The zero-order chi connectivity index (χ0) is 17.3. The van der Waals surface area contributed by atoms with Gasteiger partial charge in [0.2, 0.25) is 4.77 Å². The average molecular weight is 340 g/mol. The Morgan fingerprint density at radius 3 is 2.62 bits per heavy atom. The third kappa shape index (κ3) is 3.19. The molecule has 4 nitrogen and oxygen atoms in total. The second-order valence-electron chi connectivity index (χ2n) is 5.71. The minimum atomic E-state index is -0.332. The highest BCUT2D eigenvalue weighted by Crippen LogP contribution is 2.19. The topological polar surface area (TPSA) is 46.0 Å². The Kier molecular flexibility index (Phi) is 4.40. The fourth-order valence-electron chi connectivity index (χ4n) is 2.46. The van der Waals surface area contributed by atoms with Crippen LogP contribution in [0.25, 0.3) is 11.4 Å². The summed E-state index contributed by atoms with van der Waals surface area (Å²) in [5, 5.41) is 11.3. The lowest BCUT2D eigenvalue weighted by molar-refractivity contribution is 0.628. The van der Waals surface area contributed by atoms with Crippen LogP contribution in [0.5, 0.6) is 0 Å². The Hall–Kier alpha value is -2.60. The van der Waals surface area contributed by atoms with E-state index in [-0.39, 0.29) is 5.82 Å². The highest BCUT2D eigenvalue weighted by molar-refractivity contribution is 7.71. The van der Waals surface area contributed by atoms with Crippen LogP contribution in [0, 0.1) is 31.4 Å². The van der Waals surface area contributed by atoms with Crippen molar-refractivity contribution in [3.63, 3.8) is 0 Å². The molecule has 0 aliphatic carbocycles. The maximum Gasteiger partial charge on any atom is 0.216 e. The Bertz CT molecular complexity index is 985. The Morgan fingerprint density at radius 2 is 1.88 bits per heavy atom. The molecule has 122 valence electrons. The van der Waals surface area contributed by atoms with Crippen molar-refractivity contribution in [3.8, 4) is 11.4 Å². The molecule has 3 aromatic rings. The Balaban J connectivity index is 2.04. The van der Waals surface area contributed by atoms with E-state index in [1.54, 1.807) is 18.3 Å². The van der Waals surface area contributed by atoms with E-state index in [0.29, 0.717) is 16.2 Å². The number of aromatic amines is 1. The molecule has 0 saturated carbocycles. The molecule has 0 atom stereocenters. The van der Waals surface area contributed by atoms with Gasteiger partial charge in [-0.3, -0.25) is 0 Å². The summed E-state index contributed by atoms with van der Waals surface area (Å²) in [4.78, 5) is 0. The molecule has 0 bridgehead atoms. The second kappa shape index (κ2) is 6.49. The Labute approximate surface area is 144 Å². The highest BCUT2D eigenvalue weighted by Gasteiger charge is 2.09. The number of H-pyrrole nitrogens is 1. The quantitative estimate of drug-likeness (QED) is 0.561. The molecular weight excluding hydrogens is 323 g/mol. The number of aromatic nitrogens is 3. The number of benzene rings is 2. The van der Waals surface area contributed by atoms with Crippen LogP contribution >= 0.6 is 12.2 Å². The lowest BCUT2D eigenvalue weighted by atomic mass is 10.0. The monoisotopic (exact) mass is 340 g/mol. The van der Waals surface area contributed by atoms with Gasteiger partial charge in [-0.05, 0) is 73.4 Å². The van der Waals surface area contributed by atoms with E-state index in [2.05, 4.69) is 41.3 Å². The van der Waals surface area contributed by atoms with Crippen molar-refractivity contribution in [2.45, 2.75) is 20.8 Å². The van der Waals surface area contributed by atoms with Gasteiger partial charge >= 0.3 is 0 Å². The largest absolute Gasteiger partial charge is 0.250 e. The molecule has 0 radical (unpaired) electrons. The Morgan fingerprint density at radius 1 is 1.12 bits per heavy atom. The molecule has 0 saturated heterocycles. The number of halogens is 1. The zero-order valence-corrected chi connectivity index (χ0v) is 14.5. The number of hydrogen-bond donors (Lipinski definition) is 1. The summed E-state index contributed by atoms with van der Waals surface area (Å²) in [6.07, 6.45) is 1.75. The maximum absolute atomic E-state index is 13.5. The van der Waals surface area contributed by atoms with Gasteiger partial charge in [0.1, 0.15) is 5.82 Å². The smallest absolute Gasteiger partial charge is 0.216 e. The van der Waals surface area contributed by atoms with Crippen molar-refractivity contribution in [3.05, 3.63) is 69.2 Å². The molecule has 24 heavy (non-hydrogen) atoms. The number of rotatable bonds is 3. The second-order valence-corrected chi connectivity index (χ2v) is 6.10. The third-order valence-corrected chi connectivity index (χ3v) is 4.19. The minimum Gasteiger partial charge on any atom is -0.250 e. The summed E-state index contributed by atoms with van der Waals surface area (Å²) in [5.41, 5.74) is 5.18. The first-order valence-electron chi connectivity index (χ1n) is 7.51. The van der Waals surface area contributed by atoms with E-state index in [1.807, 2.05) is 6.92 Å². The summed E-state index contributed by atoms with van der Waals surface area (Å²) >= 11 is 5.24. The van der Waals surface area contributed by atoms with Crippen molar-refractivity contribution in [2.24, 2.45) is 5.10 Å². The van der Waals surface area contributed by atoms with E-state index in [0.717, 1.165) is 11.1 Å². The maximum atomic E-state index is 13.5. The van der Waals surface area contributed by atoms with Crippen LogP contribution in [0.15, 0.2) is 41.5 Å². The van der Waals surface area contributed by atoms with E-state index in [9.17, 15) is 4.39 Å². The molecule has 6 heteroatoms. The van der Waals surface area contributed by atoms with Gasteiger partial charge in [0.25, 0.3) is 0 Å². The molecule has 0 aliphatic heterocycles. The number of aryl methyl sites for hydroxylation is 3. The van der Waals surface area contributed by atoms with Crippen LogP contribution in [0.1, 0.15) is 22.3 Å². The number of hydrogen-bond acceptors (Lipinski definition) is 3. The fraction of sp³-hybridized carbons (Fsp3) is 0.167. The molecule has 0 fully saturated rings. The van der Waals surface area contributed by atoms with Crippen LogP contribution in [0.2, 0.25) is 0 Å². The summed E-state index contributed by atoms with van der Waals surface area (Å²) in [6.45, 7) is 6.18. The molecule has 3 rings (SSSR count). The third-order valence-electron chi connectivity index (χ3n) is 3.93. The SMILES string of the molecule is Cc1cc(C)c(/C=N\n2c(-c3cccc(F)c3)n[nH]c2=S)cc1C. The van der Waals surface area contributed by atoms with Gasteiger partial charge in [0.05, 0.1) is 6.21 Å². The van der Waals surface area contributed by atoms with Gasteiger partial charge in [0, 0.05) is 5.56 Å². The van der Waals surface area contributed by atoms with E-state index in [4.69, 9.17) is 12.2 Å². The zero-order valence-electron chi connectivity index (χ0n) is 13.7. The molecule has 0 amide bonds. The van der Waals surface area contributed by atoms with Gasteiger partial charge in [0.15, 0.2) is 5.82 Å². The lowest BCUT2D eigenvalue weighted by Gasteiger charge is -2.06. The normalized spacial score (nSPS) is 11.3. The molecule has 1 heterocycles. The van der Waals surface area contributed by atoms with Gasteiger partial charge < -0.3 is 0 Å². The van der Waals surface area contributed by atoms with Crippen LogP contribution in [-0.2, 0) is 0 Å². The summed E-state index contributed by atoms with van der Waals surface area (Å²) in [5.74, 6) is 0.138. The molecule has 1 aromatic heterocycles. The van der Waals surface area contributed by atoms with Crippen LogP contribution in [-0.4, -0.2) is 21.1 Å². The van der Waals surface area contributed by atoms with Crippen LogP contribution in [0.3, 0.4) is 0 Å². The molecule has 0 aliphatic rings. The molecule has 2 aromatic carbocycles. The lowest BCUT2D eigenvalue weighted by Crippen LogP contribution is -1.97. The first-order valence-corrected chi connectivity index (χ1v) is 7.92. The fourth-order valence-corrected chi connectivity index (χ4v) is 2.63. The first kappa shape index (κ1) is 16.3. The van der Waals surface area contributed by atoms with Crippen molar-refractivity contribution in [1.82, 2.24) is 14.9 Å². The van der Waals surface area contributed by atoms with Crippen molar-refractivity contribution < 1.29 is 4.39 Å². The average Bonchev–Trinajstić information content (AvgIpc) is 2.90. The van der Waals surface area contributed by atoms with E-state index >= 15 is 0 Å². The molecule has 0 spiro atoms. The predicted octanol–water partition coefficient (Wildman–Crippen LogP) is 4.55. The van der Waals surface area contributed by atoms with Crippen LogP contribution in [0.4, 0.5) is 4.39 Å². The molecule has 0 unspecified atom stereocenters. The van der Waals surface area contributed by atoms with E-state index < -0.39 is 0 Å². The van der Waals surface area contributed by atoms with Gasteiger partial charge in [-0.1, -0.05) is 18.2 Å². The summed E-state index contributed by atoms with van der Waals surface area (Å²) in [6, 6.07) is 10.4.